The summed E-state index contributed by atoms with van der Waals surface area (Å²) < 4.78 is 0. The first kappa shape index (κ1) is 18.5. The van der Waals surface area contributed by atoms with E-state index in [1.807, 2.05) is 0 Å². The van der Waals surface area contributed by atoms with E-state index in [0.717, 1.165) is 42.4 Å². The molecule has 0 spiro atoms. The largest absolute Gasteiger partial charge is 0.300 e. The first-order valence-electron chi connectivity index (χ1n) is 11.3. The molecule has 0 saturated heterocycles. The van der Waals surface area contributed by atoms with Gasteiger partial charge in [-0.2, -0.15) is 0 Å². The number of carbonyl (C=O) groups excluding carboxylic acids is 1. The van der Waals surface area contributed by atoms with Crippen molar-refractivity contribution in [3.8, 4) is 0 Å². The predicted octanol–water partition coefficient (Wildman–Crippen LogP) is 6.94. The number of hydrogen-bond acceptors (Lipinski definition) is 1. The number of carbonyl (C=O) groups is 1. The van der Waals surface area contributed by atoms with Gasteiger partial charge in [0.2, 0.25) is 0 Å². The summed E-state index contributed by atoms with van der Waals surface area (Å²) in [5, 5.41) is 0. The van der Waals surface area contributed by atoms with Gasteiger partial charge in [-0.15, -0.1) is 0 Å². The van der Waals surface area contributed by atoms with Crippen LogP contribution in [0.1, 0.15) is 110 Å². The molecule has 0 aromatic heterocycles. The summed E-state index contributed by atoms with van der Waals surface area (Å²) in [5.74, 6) is 5.30. The Labute approximate surface area is 150 Å². The van der Waals surface area contributed by atoms with Crippen LogP contribution in [0.5, 0.6) is 0 Å². The molecule has 3 rings (SSSR count). The Kier molecular flexibility index (Phi) is 7.22. The van der Waals surface area contributed by atoms with Gasteiger partial charge in [0.15, 0.2) is 0 Å². The van der Waals surface area contributed by atoms with Crippen molar-refractivity contribution >= 4 is 5.78 Å². The third-order valence-corrected chi connectivity index (χ3v) is 7.70. The second kappa shape index (κ2) is 9.39. The Hall–Kier alpha value is -0.330. The highest BCUT2D eigenvalue weighted by molar-refractivity contribution is 5.79. The minimum absolute atomic E-state index is 0.547. The first-order valence-corrected chi connectivity index (χ1v) is 11.3. The zero-order chi connectivity index (χ0) is 16.8. The van der Waals surface area contributed by atoms with Crippen LogP contribution in [0, 0.1) is 29.6 Å². The van der Waals surface area contributed by atoms with E-state index >= 15 is 0 Å². The molecule has 0 aromatic carbocycles. The molecule has 0 aromatic rings. The molecule has 3 unspecified atom stereocenters. The van der Waals surface area contributed by atoms with Crippen molar-refractivity contribution in [3.05, 3.63) is 0 Å². The van der Waals surface area contributed by atoms with Crippen molar-refractivity contribution in [1.29, 1.82) is 0 Å². The van der Waals surface area contributed by atoms with Crippen LogP contribution in [-0.4, -0.2) is 5.78 Å². The van der Waals surface area contributed by atoms with Crippen molar-refractivity contribution in [2.75, 3.05) is 0 Å². The number of unbranched alkanes of at least 4 members (excludes halogenated alkanes) is 2. The Morgan fingerprint density at radius 3 is 2.17 bits per heavy atom. The quantitative estimate of drug-likeness (QED) is 0.461. The van der Waals surface area contributed by atoms with Crippen LogP contribution in [-0.2, 0) is 4.79 Å². The van der Waals surface area contributed by atoms with Gasteiger partial charge in [0.1, 0.15) is 5.78 Å². The molecule has 0 N–H and O–H groups in total. The average Bonchev–Trinajstić information content (AvgIpc) is 2.61. The standard InChI is InChI=1S/C23H40O/c1-2-3-4-5-18-6-8-19(9-7-18)10-11-20-12-13-22-17-23(24)15-14-21(22)16-20/h18-22H,2-17H2,1H3. The molecular formula is C23H40O. The summed E-state index contributed by atoms with van der Waals surface area (Å²) in [6.07, 6.45) is 22.1. The zero-order valence-corrected chi connectivity index (χ0v) is 16.1. The van der Waals surface area contributed by atoms with Gasteiger partial charge >= 0.3 is 0 Å². The van der Waals surface area contributed by atoms with E-state index in [1.54, 1.807) is 0 Å². The molecule has 3 aliphatic carbocycles. The molecule has 1 nitrogen and oxygen atoms in total. The van der Waals surface area contributed by atoms with Crippen molar-refractivity contribution in [2.24, 2.45) is 29.6 Å². The smallest absolute Gasteiger partial charge is 0.133 e. The Bertz CT molecular complexity index is 379. The molecule has 24 heavy (non-hydrogen) atoms. The van der Waals surface area contributed by atoms with E-state index < -0.39 is 0 Å². The summed E-state index contributed by atoms with van der Waals surface area (Å²) in [7, 11) is 0. The van der Waals surface area contributed by atoms with Gasteiger partial charge in [0.05, 0.1) is 0 Å². The summed E-state index contributed by atoms with van der Waals surface area (Å²) in [6, 6.07) is 0. The van der Waals surface area contributed by atoms with Gasteiger partial charge in [-0.3, -0.25) is 4.79 Å². The molecular weight excluding hydrogens is 292 g/mol. The lowest BCUT2D eigenvalue weighted by molar-refractivity contribution is -0.123. The lowest BCUT2D eigenvalue weighted by atomic mass is 9.66. The second-order valence-corrected chi connectivity index (χ2v) is 9.44. The molecule has 138 valence electrons. The SMILES string of the molecule is CCCCCC1CCC(CCC2CCC3CC(=O)CCC3C2)CC1. The molecule has 0 radical (unpaired) electrons. The molecule has 3 saturated carbocycles. The van der Waals surface area contributed by atoms with E-state index in [0.29, 0.717) is 5.78 Å². The Morgan fingerprint density at radius 1 is 0.750 bits per heavy atom. The summed E-state index contributed by atoms with van der Waals surface area (Å²) >= 11 is 0. The minimum Gasteiger partial charge on any atom is -0.300 e. The van der Waals surface area contributed by atoms with Crippen LogP contribution < -0.4 is 0 Å². The highest BCUT2D eigenvalue weighted by Gasteiger charge is 2.35. The number of fused-ring (bicyclic) bond motifs is 1. The van der Waals surface area contributed by atoms with E-state index in [4.69, 9.17) is 0 Å². The monoisotopic (exact) mass is 332 g/mol. The van der Waals surface area contributed by atoms with Crippen molar-refractivity contribution in [1.82, 2.24) is 0 Å². The van der Waals surface area contributed by atoms with Crippen LogP contribution in [0.15, 0.2) is 0 Å². The van der Waals surface area contributed by atoms with Gasteiger partial charge in [0.25, 0.3) is 0 Å². The fourth-order valence-corrected chi connectivity index (χ4v) is 6.01. The second-order valence-electron chi connectivity index (χ2n) is 9.44. The third-order valence-electron chi connectivity index (χ3n) is 7.70. The fourth-order valence-electron chi connectivity index (χ4n) is 6.01. The van der Waals surface area contributed by atoms with Crippen molar-refractivity contribution < 1.29 is 4.79 Å². The average molecular weight is 333 g/mol. The fraction of sp³-hybridized carbons (Fsp3) is 0.957. The van der Waals surface area contributed by atoms with Crippen LogP contribution in [0.2, 0.25) is 0 Å². The topological polar surface area (TPSA) is 17.1 Å². The van der Waals surface area contributed by atoms with Gasteiger partial charge in [-0.25, -0.2) is 0 Å². The lowest BCUT2D eigenvalue weighted by Crippen LogP contribution is -2.31. The molecule has 3 fully saturated rings. The van der Waals surface area contributed by atoms with E-state index in [2.05, 4.69) is 6.92 Å². The molecule has 0 bridgehead atoms. The highest BCUT2D eigenvalue weighted by Crippen LogP contribution is 2.44. The maximum atomic E-state index is 11.6. The van der Waals surface area contributed by atoms with E-state index in [-0.39, 0.29) is 0 Å². The number of hydrogen-bond donors (Lipinski definition) is 0. The van der Waals surface area contributed by atoms with Crippen LogP contribution in [0.4, 0.5) is 0 Å². The van der Waals surface area contributed by atoms with Crippen LogP contribution in [0.3, 0.4) is 0 Å². The van der Waals surface area contributed by atoms with E-state index in [1.165, 1.54) is 89.9 Å². The Balaban J connectivity index is 1.30. The molecule has 0 amide bonds. The lowest BCUT2D eigenvalue weighted by Gasteiger charge is -2.39. The maximum Gasteiger partial charge on any atom is 0.133 e. The normalized spacial score (nSPS) is 37.2. The van der Waals surface area contributed by atoms with Gasteiger partial charge in [-0.1, -0.05) is 77.6 Å². The summed E-state index contributed by atoms with van der Waals surface area (Å²) in [6.45, 7) is 2.32. The first-order chi connectivity index (χ1) is 11.7. The highest BCUT2D eigenvalue weighted by atomic mass is 16.1. The maximum absolute atomic E-state index is 11.6. The van der Waals surface area contributed by atoms with Crippen LogP contribution in [0.25, 0.3) is 0 Å². The number of ketones is 1. The molecule has 0 aliphatic heterocycles. The zero-order valence-electron chi connectivity index (χ0n) is 16.1. The summed E-state index contributed by atoms with van der Waals surface area (Å²) in [4.78, 5) is 11.6. The number of Topliss-reactive ketones (excluding diaryl/α,β-unsaturated/α-hetero) is 1. The molecule has 3 aliphatic rings. The van der Waals surface area contributed by atoms with Crippen molar-refractivity contribution in [3.63, 3.8) is 0 Å². The van der Waals surface area contributed by atoms with E-state index in [9.17, 15) is 4.79 Å². The van der Waals surface area contributed by atoms with Crippen LogP contribution >= 0.6 is 0 Å². The third kappa shape index (κ3) is 5.33. The van der Waals surface area contributed by atoms with Gasteiger partial charge in [-0.05, 0) is 48.9 Å². The van der Waals surface area contributed by atoms with Gasteiger partial charge < -0.3 is 0 Å². The predicted molar refractivity (Wildman–Crippen MR) is 102 cm³/mol. The van der Waals surface area contributed by atoms with Crippen molar-refractivity contribution in [2.45, 2.75) is 110 Å². The number of rotatable bonds is 7. The minimum atomic E-state index is 0.547. The molecule has 0 heterocycles. The molecule has 1 heteroatoms. The summed E-state index contributed by atoms with van der Waals surface area (Å²) in [5.41, 5.74) is 0. The van der Waals surface area contributed by atoms with Gasteiger partial charge in [0, 0.05) is 12.8 Å². The Morgan fingerprint density at radius 2 is 1.42 bits per heavy atom. The molecule has 3 atom stereocenters.